The molecule has 1 saturated heterocycles. The fraction of sp³-hybridized carbons (Fsp3) is 0.500. The number of benzene rings is 1. The van der Waals surface area contributed by atoms with E-state index in [0.29, 0.717) is 18.6 Å². The van der Waals surface area contributed by atoms with Gasteiger partial charge in [0, 0.05) is 38.3 Å². The van der Waals surface area contributed by atoms with Gasteiger partial charge in [-0.1, -0.05) is 0 Å². The lowest BCUT2D eigenvalue weighted by Crippen LogP contribution is -2.57. The molecule has 0 amide bonds. The first-order valence-corrected chi connectivity index (χ1v) is 8.61. The third kappa shape index (κ3) is 2.91. The summed E-state index contributed by atoms with van der Waals surface area (Å²) in [5, 5.41) is 3.26. The van der Waals surface area contributed by atoms with Crippen molar-refractivity contribution >= 4 is 33.5 Å². The number of hydrogen-bond acceptors (Lipinski definition) is 5. The number of piperazine rings is 1. The van der Waals surface area contributed by atoms with Crippen molar-refractivity contribution in [1.82, 2.24) is 14.2 Å². The van der Waals surface area contributed by atoms with Crippen molar-refractivity contribution in [3.05, 3.63) is 28.7 Å². The van der Waals surface area contributed by atoms with Gasteiger partial charge in [0.2, 0.25) is 10.0 Å². The molecule has 0 aliphatic carbocycles. The summed E-state index contributed by atoms with van der Waals surface area (Å²) in [5.74, 6) is -0.506. The zero-order valence-corrected chi connectivity index (χ0v) is 14.8. The Kier molecular flexibility index (Phi) is 4.91. The SMILES string of the molecule is CC1NCCN(S(=O)(=O)c2ccc3c(c2)oc(=O)n3C)C1C.Cl. The van der Waals surface area contributed by atoms with Crippen LogP contribution in [0, 0.1) is 0 Å². The Morgan fingerprint density at radius 2 is 2.00 bits per heavy atom. The Hall–Kier alpha value is -1.35. The van der Waals surface area contributed by atoms with Crippen LogP contribution in [0.5, 0.6) is 0 Å². The van der Waals surface area contributed by atoms with Crippen molar-refractivity contribution in [1.29, 1.82) is 0 Å². The second-order valence-corrected chi connectivity index (χ2v) is 7.55. The minimum Gasteiger partial charge on any atom is -0.408 e. The summed E-state index contributed by atoms with van der Waals surface area (Å²) in [6.45, 7) is 4.89. The molecule has 1 aromatic heterocycles. The molecule has 1 aliphatic heterocycles. The minimum atomic E-state index is -3.62. The van der Waals surface area contributed by atoms with Gasteiger partial charge in [0.25, 0.3) is 0 Å². The molecule has 0 saturated carbocycles. The quantitative estimate of drug-likeness (QED) is 0.860. The minimum absolute atomic E-state index is 0. The van der Waals surface area contributed by atoms with E-state index in [1.165, 1.54) is 21.0 Å². The Labute approximate surface area is 140 Å². The number of nitrogens with zero attached hydrogens (tertiary/aromatic N) is 2. The predicted molar refractivity (Wildman–Crippen MR) is 89.5 cm³/mol. The van der Waals surface area contributed by atoms with E-state index in [4.69, 9.17) is 4.42 Å². The number of aryl methyl sites for hydroxylation is 1. The maximum Gasteiger partial charge on any atom is 0.419 e. The molecular weight excluding hydrogens is 342 g/mol. The summed E-state index contributed by atoms with van der Waals surface area (Å²) in [7, 11) is -2.03. The van der Waals surface area contributed by atoms with E-state index in [1.807, 2.05) is 13.8 Å². The zero-order chi connectivity index (χ0) is 16.1. The molecule has 2 atom stereocenters. The van der Waals surface area contributed by atoms with Crippen LogP contribution in [0.25, 0.3) is 11.1 Å². The number of hydrogen-bond donors (Lipinski definition) is 1. The molecule has 2 heterocycles. The lowest BCUT2D eigenvalue weighted by atomic mass is 10.1. The van der Waals surface area contributed by atoms with Crippen molar-refractivity contribution in [3.8, 4) is 0 Å². The van der Waals surface area contributed by atoms with E-state index in [1.54, 1.807) is 13.1 Å². The van der Waals surface area contributed by atoms with Crippen LogP contribution in [-0.2, 0) is 17.1 Å². The molecule has 1 N–H and O–H groups in total. The van der Waals surface area contributed by atoms with Crippen molar-refractivity contribution in [2.24, 2.45) is 7.05 Å². The number of rotatable bonds is 2. The van der Waals surface area contributed by atoms with Gasteiger partial charge in [-0.15, -0.1) is 12.4 Å². The highest BCUT2D eigenvalue weighted by Gasteiger charge is 2.34. The standard InChI is InChI=1S/C14H19N3O4S.ClH/c1-9-10(2)17(7-6-15-9)22(19,20)11-4-5-12-13(8-11)21-14(18)16(12)3;/h4-5,8-10,15H,6-7H2,1-3H3;1H. The molecule has 0 bridgehead atoms. The number of halogens is 1. The van der Waals surface area contributed by atoms with Crippen LogP contribution >= 0.6 is 12.4 Å². The molecule has 7 nitrogen and oxygen atoms in total. The highest BCUT2D eigenvalue weighted by Crippen LogP contribution is 2.24. The number of nitrogens with one attached hydrogen (secondary N) is 1. The maximum absolute atomic E-state index is 12.9. The van der Waals surface area contributed by atoms with E-state index >= 15 is 0 Å². The molecule has 2 aromatic rings. The van der Waals surface area contributed by atoms with Gasteiger partial charge in [-0.3, -0.25) is 4.57 Å². The molecule has 128 valence electrons. The van der Waals surface area contributed by atoms with Gasteiger partial charge in [0.15, 0.2) is 5.58 Å². The molecule has 3 rings (SSSR count). The average Bonchev–Trinajstić information content (AvgIpc) is 2.76. The molecule has 1 aromatic carbocycles. The average molecular weight is 362 g/mol. The molecule has 23 heavy (non-hydrogen) atoms. The van der Waals surface area contributed by atoms with Crippen LogP contribution < -0.4 is 11.1 Å². The predicted octanol–water partition coefficient (Wildman–Crippen LogP) is 0.924. The molecule has 1 fully saturated rings. The number of aromatic nitrogens is 1. The summed E-state index contributed by atoms with van der Waals surface area (Å²) in [4.78, 5) is 11.7. The van der Waals surface area contributed by atoms with E-state index in [0.717, 1.165) is 0 Å². The lowest BCUT2D eigenvalue weighted by Gasteiger charge is -2.37. The summed E-state index contributed by atoms with van der Waals surface area (Å²) in [6.07, 6.45) is 0. The van der Waals surface area contributed by atoms with E-state index < -0.39 is 15.8 Å². The monoisotopic (exact) mass is 361 g/mol. The van der Waals surface area contributed by atoms with Gasteiger partial charge in [0.05, 0.1) is 10.4 Å². The Morgan fingerprint density at radius 3 is 2.70 bits per heavy atom. The van der Waals surface area contributed by atoms with Gasteiger partial charge in [-0.25, -0.2) is 13.2 Å². The van der Waals surface area contributed by atoms with E-state index in [-0.39, 0.29) is 35.0 Å². The van der Waals surface area contributed by atoms with Gasteiger partial charge in [-0.05, 0) is 26.0 Å². The zero-order valence-electron chi connectivity index (χ0n) is 13.1. The van der Waals surface area contributed by atoms with Crippen molar-refractivity contribution in [2.45, 2.75) is 30.8 Å². The van der Waals surface area contributed by atoms with Crippen molar-refractivity contribution in [3.63, 3.8) is 0 Å². The normalized spacial score (nSPS) is 22.9. The first kappa shape index (κ1) is 18.0. The highest BCUT2D eigenvalue weighted by atomic mass is 35.5. The second-order valence-electron chi connectivity index (χ2n) is 5.66. The highest BCUT2D eigenvalue weighted by molar-refractivity contribution is 7.89. The third-order valence-corrected chi connectivity index (χ3v) is 6.33. The topological polar surface area (TPSA) is 84.6 Å². The molecule has 2 unspecified atom stereocenters. The Bertz CT molecular complexity index is 874. The van der Waals surface area contributed by atoms with Crippen LogP contribution in [-0.4, -0.2) is 42.5 Å². The maximum atomic E-state index is 12.9. The fourth-order valence-corrected chi connectivity index (χ4v) is 4.49. The number of fused-ring (bicyclic) bond motifs is 1. The van der Waals surface area contributed by atoms with Gasteiger partial charge < -0.3 is 9.73 Å². The molecule has 0 spiro atoms. The fourth-order valence-electron chi connectivity index (χ4n) is 2.78. The molecular formula is C14H20ClN3O4S. The van der Waals surface area contributed by atoms with E-state index in [9.17, 15) is 13.2 Å². The van der Waals surface area contributed by atoms with Crippen molar-refractivity contribution in [2.75, 3.05) is 13.1 Å². The summed E-state index contributed by atoms with van der Waals surface area (Å²) in [6, 6.07) is 4.49. The smallest absolute Gasteiger partial charge is 0.408 e. The van der Waals surface area contributed by atoms with Crippen LogP contribution in [0.15, 0.2) is 32.3 Å². The molecule has 0 radical (unpaired) electrons. The third-order valence-electron chi connectivity index (χ3n) is 4.35. The summed E-state index contributed by atoms with van der Waals surface area (Å²) in [5.41, 5.74) is 0.857. The first-order valence-electron chi connectivity index (χ1n) is 7.17. The second kappa shape index (κ2) is 6.27. The van der Waals surface area contributed by atoms with Gasteiger partial charge >= 0.3 is 5.76 Å². The van der Waals surface area contributed by atoms with Crippen LogP contribution in [0.3, 0.4) is 0 Å². The van der Waals surface area contributed by atoms with Gasteiger partial charge in [0.1, 0.15) is 0 Å². The van der Waals surface area contributed by atoms with Crippen LogP contribution in [0.1, 0.15) is 13.8 Å². The van der Waals surface area contributed by atoms with Crippen LogP contribution in [0.2, 0.25) is 0 Å². The van der Waals surface area contributed by atoms with Gasteiger partial charge in [-0.2, -0.15) is 4.31 Å². The summed E-state index contributed by atoms with van der Waals surface area (Å²) >= 11 is 0. The number of sulfonamides is 1. The Morgan fingerprint density at radius 1 is 1.30 bits per heavy atom. The lowest BCUT2D eigenvalue weighted by molar-refractivity contribution is 0.233. The van der Waals surface area contributed by atoms with E-state index in [2.05, 4.69) is 5.32 Å². The molecule has 9 heteroatoms. The first-order chi connectivity index (χ1) is 10.3. The summed E-state index contributed by atoms with van der Waals surface area (Å²) < 4.78 is 33.6. The molecule has 1 aliphatic rings. The number of oxazole rings is 1. The van der Waals surface area contributed by atoms with Crippen molar-refractivity contribution < 1.29 is 12.8 Å². The Balaban J connectivity index is 0.00000192. The largest absolute Gasteiger partial charge is 0.419 e. The van der Waals surface area contributed by atoms with Crippen LogP contribution in [0.4, 0.5) is 0 Å².